The maximum atomic E-state index is 6.98. The molecular formula is C30H50O9Si. The van der Waals surface area contributed by atoms with Gasteiger partial charge < -0.3 is 42.3 Å². The normalized spacial score (nSPS) is 36.3. The van der Waals surface area contributed by atoms with Crippen molar-refractivity contribution in [2.75, 3.05) is 14.2 Å². The van der Waals surface area contributed by atoms with E-state index in [1.807, 2.05) is 52.0 Å². The Bertz CT molecular complexity index is 963. The molecule has 0 spiro atoms. The molecule has 3 saturated heterocycles. The molecule has 0 aromatic heterocycles. The topological polar surface area (TPSA) is 83.1 Å². The summed E-state index contributed by atoms with van der Waals surface area (Å²) in [6.07, 6.45) is -2.68. The first-order valence-electron chi connectivity index (χ1n) is 14.4. The van der Waals surface area contributed by atoms with E-state index in [4.69, 9.17) is 42.3 Å². The maximum absolute atomic E-state index is 6.98. The first kappa shape index (κ1) is 31.8. The number of fused-ring (bicyclic) bond motifs is 1. The molecule has 3 aliphatic heterocycles. The molecule has 0 unspecified atom stereocenters. The summed E-state index contributed by atoms with van der Waals surface area (Å²) >= 11 is 0. The smallest absolute Gasteiger partial charge is 0.192 e. The van der Waals surface area contributed by atoms with Crippen molar-refractivity contribution in [3.63, 3.8) is 0 Å². The number of benzene rings is 1. The molecule has 0 aliphatic carbocycles. The summed E-state index contributed by atoms with van der Waals surface area (Å²) in [7, 11) is 1.15. The molecule has 0 N–H and O–H groups in total. The Hall–Kier alpha value is -1.08. The number of hydrogen-bond acceptors (Lipinski definition) is 9. The van der Waals surface area contributed by atoms with Gasteiger partial charge in [-0.1, -0.05) is 32.9 Å². The van der Waals surface area contributed by atoms with E-state index in [1.165, 1.54) is 0 Å². The van der Waals surface area contributed by atoms with Gasteiger partial charge in [-0.3, -0.25) is 0 Å². The first-order chi connectivity index (χ1) is 18.6. The van der Waals surface area contributed by atoms with Crippen LogP contribution in [0.4, 0.5) is 0 Å². The fourth-order valence-electron chi connectivity index (χ4n) is 5.38. The predicted molar refractivity (Wildman–Crippen MR) is 153 cm³/mol. The van der Waals surface area contributed by atoms with E-state index in [1.54, 1.807) is 14.2 Å². The van der Waals surface area contributed by atoms with E-state index in [0.29, 0.717) is 13.0 Å². The lowest BCUT2D eigenvalue weighted by molar-refractivity contribution is -0.318. The van der Waals surface area contributed by atoms with Crippen LogP contribution in [0.25, 0.3) is 0 Å². The van der Waals surface area contributed by atoms with Gasteiger partial charge in [0.1, 0.15) is 30.2 Å². The van der Waals surface area contributed by atoms with Crippen LogP contribution in [0.15, 0.2) is 24.3 Å². The van der Waals surface area contributed by atoms with Crippen molar-refractivity contribution in [3.05, 3.63) is 29.8 Å². The zero-order valence-electron chi connectivity index (χ0n) is 26.1. The molecule has 0 amide bonds. The first-order valence-corrected chi connectivity index (χ1v) is 17.3. The van der Waals surface area contributed by atoms with Gasteiger partial charge in [0.2, 0.25) is 0 Å². The zero-order valence-corrected chi connectivity index (χ0v) is 27.1. The van der Waals surface area contributed by atoms with Crippen LogP contribution in [0.5, 0.6) is 5.75 Å². The second-order valence-corrected chi connectivity index (χ2v) is 17.9. The van der Waals surface area contributed by atoms with Crippen molar-refractivity contribution in [1.82, 2.24) is 0 Å². The van der Waals surface area contributed by atoms with Crippen molar-refractivity contribution in [3.8, 4) is 5.75 Å². The van der Waals surface area contributed by atoms with Crippen LogP contribution in [0.2, 0.25) is 18.1 Å². The van der Waals surface area contributed by atoms with E-state index < -0.39 is 38.9 Å². The molecule has 3 aliphatic rings. The van der Waals surface area contributed by atoms with Crippen LogP contribution >= 0.6 is 0 Å². The molecule has 9 nitrogen and oxygen atoms in total. The number of ether oxygens (including phenoxy) is 8. The second kappa shape index (κ2) is 12.3. The Kier molecular flexibility index (Phi) is 9.76. The largest absolute Gasteiger partial charge is 0.497 e. The minimum absolute atomic E-state index is 0.0418. The van der Waals surface area contributed by atoms with Crippen LogP contribution in [-0.2, 0) is 44.2 Å². The van der Waals surface area contributed by atoms with E-state index in [9.17, 15) is 0 Å². The van der Waals surface area contributed by atoms with Crippen molar-refractivity contribution in [1.29, 1.82) is 0 Å². The average molecular weight is 583 g/mol. The van der Waals surface area contributed by atoms with Gasteiger partial charge in [0.25, 0.3) is 0 Å². The lowest BCUT2D eigenvalue weighted by Gasteiger charge is -2.47. The third-order valence-electron chi connectivity index (χ3n) is 8.58. The van der Waals surface area contributed by atoms with Gasteiger partial charge in [0, 0.05) is 13.5 Å². The van der Waals surface area contributed by atoms with Crippen molar-refractivity contribution in [2.24, 2.45) is 0 Å². The fourth-order valence-corrected chi connectivity index (χ4v) is 6.72. The third kappa shape index (κ3) is 7.10. The highest BCUT2D eigenvalue weighted by Gasteiger charge is 2.56. The SMILES string of the molecule is COc1ccc(CO[C@H]2[C@@H](O[Si](C)(C)C(C)(C)C)C[C@@H](O[C@@H]3[C@H]4OC(C)(C)O[C@H]4[C@H](OC)O[C@H]3C)O[C@@H]2C)cc1. The van der Waals surface area contributed by atoms with Gasteiger partial charge in [0.15, 0.2) is 26.7 Å². The fraction of sp³-hybridized carbons (Fsp3) is 0.800. The molecule has 9 atom stereocenters. The van der Waals surface area contributed by atoms with Crippen LogP contribution < -0.4 is 4.74 Å². The number of methoxy groups -OCH3 is 2. The van der Waals surface area contributed by atoms with E-state index in [0.717, 1.165) is 11.3 Å². The van der Waals surface area contributed by atoms with Crippen LogP contribution in [0.1, 0.15) is 60.5 Å². The maximum Gasteiger partial charge on any atom is 0.192 e. The molecule has 3 heterocycles. The molecule has 3 fully saturated rings. The van der Waals surface area contributed by atoms with Crippen molar-refractivity contribution in [2.45, 2.75) is 141 Å². The quantitative estimate of drug-likeness (QED) is 0.355. The van der Waals surface area contributed by atoms with E-state index in [2.05, 4.69) is 33.9 Å². The van der Waals surface area contributed by atoms with Gasteiger partial charge in [-0.15, -0.1) is 0 Å². The highest BCUT2D eigenvalue weighted by molar-refractivity contribution is 6.74. The Morgan fingerprint density at radius 1 is 0.925 bits per heavy atom. The van der Waals surface area contributed by atoms with Crippen LogP contribution in [0.3, 0.4) is 0 Å². The van der Waals surface area contributed by atoms with Crippen molar-refractivity contribution >= 4 is 8.32 Å². The van der Waals surface area contributed by atoms with Crippen LogP contribution in [-0.4, -0.2) is 83.6 Å². The summed E-state index contributed by atoms with van der Waals surface area (Å²) in [6, 6.07) is 7.92. The molecule has 40 heavy (non-hydrogen) atoms. The Labute approximate surface area is 241 Å². The molecular weight excluding hydrogens is 532 g/mol. The summed E-state index contributed by atoms with van der Waals surface area (Å²) in [4.78, 5) is 0. The molecule has 0 radical (unpaired) electrons. The molecule has 1 aromatic carbocycles. The Balaban J connectivity index is 1.51. The monoisotopic (exact) mass is 582 g/mol. The Morgan fingerprint density at radius 2 is 1.55 bits per heavy atom. The molecule has 0 saturated carbocycles. The number of hydrogen-bond donors (Lipinski definition) is 0. The number of rotatable bonds is 9. The zero-order chi connectivity index (χ0) is 29.5. The lowest BCUT2D eigenvalue weighted by atomic mass is 9.98. The molecule has 4 rings (SSSR count). The van der Waals surface area contributed by atoms with Gasteiger partial charge in [-0.25, -0.2) is 0 Å². The Morgan fingerprint density at radius 3 is 2.15 bits per heavy atom. The lowest BCUT2D eigenvalue weighted by Crippen LogP contribution is -2.60. The average Bonchev–Trinajstić information content (AvgIpc) is 3.19. The molecule has 228 valence electrons. The van der Waals surface area contributed by atoms with Gasteiger partial charge in [-0.2, -0.15) is 0 Å². The van der Waals surface area contributed by atoms with Crippen LogP contribution in [0, 0.1) is 0 Å². The summed E-state index contributed by atoms with van der Waals surface area (Å²) in [5.41, 5.74) is 1.06. The van der Waals surface area contributed by atoms with Gasteiger partial charge in [0.05, 0.1) is 32.0 Å². The molecule has 0 bridgehead atoms. The predicted octanol–water partition coefficient (Wildman–Crippen LogP) is 5.40. The van der Waals surface area contributed by atoms with E-state index >= 15 is 0 Å². The second-order valence-electron chi connectivity index (χ2n) is 13.2. The molecule has 10 heteroatoms. The van der Waals surface area contributed by atoms with Gasteiger partial charge in [-0.05, 0) is 63.5 Å². The summed E-state index contributed by atoms with van der Waals surface area (Å²) in [5, 5.41) is 0.0418. The third-order valence-corrected chi connectivity index (χ3v) is 13.1. The summed E-state index contributed by atoms with van der Waals surface area (Å²) < 4.78 is 56.0. The molecule has 1 aromatic rings. The summed E-state index contributed by atoms with van der Waals surface area (Å²) in [6.45, 7) is 19.5. The highest BCUT2D eigenvalue weighted by Crippen LogP contribution is 2.42. The minimum Gasteiger partial charge on any atom is -0.497 e. The van der Waals surface area contributed by atoms with E-state index in [-0.39, 0.29) is 35.6 Å². The van der Waals surface area contributed by atoms with Gasteiger partial charge >= 0.3 is 0 Å². The van der Waals surface area contributed by atoms with Crippen molar-refractivity contribution < 1.29 is 42.3 Å². The standard InChI is InChI=1S/C30H50O9Si/c1-18-24(33-17-20-12-14-21(31-8)15-13-20)22(39-40(10,11)29(3,4)5)16-23(34-18)36-25-19(2)35-28(32-9)27-26(25)37-30(6,7)38-27/h12-15,18-19,22-28H,16-17H2,1-11H3/t18-,19+,22+,23-,24-,25+,26-,27-,28-/m1/s1. The summed E-state index contributed by atoms with van der Waals surface area (Å²) in [5.74, 6) is 0.0493. The minimum atomic E-state index is -2.13. The highest BCUT2D eigenvalue weighted by atomic mass is 28.4.